The van der Waals surface area contributed by atoms with Gasteiger partial charge < -0.3 is 14.4 Å². The summed E-state index contributed by atoms with van der Waals surface area (Å²) in [4.78, 5) is 14.3. The van der Waals surface area contributed by atoms with E-state index in [-0.39, 0.29) is 0 Å². The van der Waals surface area contributed by atoms with Gasteiger partial charge in [0.05, 0.1) is 37.6 Å². The SMILES string of the molecule is COc1ccc(CN2C3CC2CN(c2ccc(-c4cc(C5=CCC6(CC5)COC6)cn5ncc(C#N)c45)cn2)C3)cn1. The average molecular weight is 560 g/mol. The predicted molar refractivity (Wildman–Crippen MR) is 159 cm³/mol. The van der Waals surface area contributed by atoms with Gasteiger partial charge >= 0.3 is 0 Å². The van der Waals surface area contributed by atoms with Gasteiger partial charge in [-0.05, 0) is 60.6 Å². The number of rotatable bonds is 6. The Morgan fingerprint density at radius 2 is 1.95 bits per heavy atom. The van der Waals surface area contributed by atoms with Crippen LogP contribution < -0.4 is 9.64 Å². The zero-order valence-corrected chi connectivity index (χ0v) is 23.7. The molecule has 0 amide bonds. The Hall–Kier alpha value is -4.26. The molecular formula is C33H33N7O2. The minimum Gasteiger partial charge on any atom is -0.481 e. The summed E-state index contributed by atoms with van der Waals surface area (Å²) in [5.41, 5.74) is 7.46. The topological polar surface area (TPSA) is 91.8 Å². The van der Waals surface area contributed by atoms with Crippen LogP contribution in [0, 0.1) is 16.7 Å². The highest BCUT2D eigenvalue weighted by Crippen LogP contribution is 2.44. The van der Waals surface area contributed by atoms with E-state index in [1.165, 1.54) is 17.6 Å². The molecule has 8 heterocycles. The maximum atomic E-state index is 9.82. The summed E-state index contributed by atoms with van der Waals surface area (Å²) >= 11 is 0. The lowest BCUT2D eigenvalue weighted by atomic mass is 9.72. The van der Waals surface area contributed by atoms with E-state index in [2.05, 4.69) is 62.5 Å². The van der Waals surface area contributed by atoms with E-state index in [1.807, 2.05) is 23.0 Å². The van der Waals surface area contributed by atoms with Crippen molar-refractivity contribution in [2.24, 2.45) is 5.41 Å². The van der Waals surface area contributed by atoms with E-state index in [4.69, 9.17) is 14.5 Å². The number of pyridine rings is 3. The van der Waals surface area contributed by atoms with Gasteiger partial charge in [-0.3, -0.25) is 4.90 Å². The molecule has 0 N–H and O–H groups in total. The largest absolute Gasteiger partial charge is 0.481 e. The number of piperidine rings is 1. The van der Waals surface area contributed by atoms with Gasteiger partial charge in [0.15, 0.2) is 0 Å². The Labute approximate surface area is 245 Å². The van der Waals surface area contributed by atoms with E-state index in [9.17, 15) is 5.26 Å². The van der Waals surface area contributed by atoms with Crippen LogP contribution in [0.4, 0.5) is 5.82 Å². The van der Waals surface area contributed by atoms with Crippen LogP contribution in [0.1, 0.15) is 42.4 Å². The van der Waals surface area contributed by atoms with Crippen LogP contribution in [-0.4, -0.2) is 70.0 Å². The number of nitriles is 1. The second-order valence-electron chi connectivity index (χ2n) is 12.3. The Kier molecular flexibility index (Phi) is 6.02. The number of methoxy groups -OCH3 is 1. The predicted octanol–water partition coefficient (Wildman–Crippen LogP) is 4.72. The molecule has 5 aliphatic rings. The summed E-state index contributed by atoms with van der Waals surface area (Å²) in [6.07, 6.45) is 14.4. The van der Waals surface area contributed by atoms with E-state index >= 15 is 0 Å². The maximum Gasteiger partial charge on any atom is 0.212 e. The van der Waals surface area contributed by atoms with Crippen LogP contribution >= 0.6 is 0 Å². The highest BCUT2D eigenvalue weighted by Gasteiger charge is 2.44. The molecule has 212 valence electrons. The van der Waals surface area contributed by atoms with Crippen LogP contribution in [-0.2, 0) is 11.3 Å². The molecule has 42 heavy (non-hydrogen) atoms. The Balaban J connectivity index is 1.02. The van der Waals surface area contributed by atoms with Crippen LogP contribution in [0.2, 0.25) is 0 Å². The lowest BCUT2D eigenvalue weighted by Crippen LogP contribution is -2.68. The molecule has 4 saturated heterocycles. The van der Waals surface area contributed by atoms with Gasteiger partial charge in [0.25, 0.3) is 0 Å². The second kappa shape index (κ2) is 9.93. The van der Waals surface area contributed by atoms with Crippen molar-refractivity contribution < 1.29 is 9.47 Å². The summed E-state index contributed by atoms with van der Waals surface area (Å²) in [5.74, 6) is 1.65. The number of anilines is 1. The van der Waals surface area contributed by atoms with Crippen LogP contribution in [0.5, 0.6) is 5.88 Å². The van der Waals surface area contributed by atoms with Crippen LogP contribution in [0.3, 0.4) is 0 Å². The van der Waals surface area contributed by atoms with Gasteiger partial charge in [0.1, 0.15) is 11.9 Å². The molecule has 0 saturated carbocycles. The van der Waals surface area contributed by atoms with Crippen molar-refractivity contribution in [2.75, 3.05) is 38.3 Å². The summed E-state index contributed by atoms with van der Waals surface area (Å²) in [5, 5.41) is 14.4. The number of nitrogens with zero attached hydrogens (tertiary/aromatic N) is 7. The average Bonchev–Trinajstić information content (AvgIpc) is 3.46. The molecule has 9 nitrogen and oxygen atoms in total. The number of allylic oxidation sites excluding steroid dienone is 2. The molecule has 0 aromatic carbocycles. The molecule has 0 radical (unpaired) electrons. The van der Waals surface area contributed by atoms with Gasteiger partial charge in [-0.15, -0.1) is 0 Å². The monoisotopic (exact) mass is 559 g/mol. The molecule has 4 aromatic heterocycles. The molecule has 2 atom stereocenters. The van der Waals surface area contributed by atoms with Gasteiger partial charge in [-0.1, -0.05) is 12.1 Å². The summed E-state index contributed by atoms with van der Waals surface area (Å²) in [6.45, 7) is 4.60. The Bertz CT molecular complexity index is 1700. The van der Waals surface area contributed by atoms with Crippen molar-refractivity contribution in [1.29, 1.82) is 5.26 Å². The zero-order valence-electron chi connectivity index (χ0n) is 23.7. The van der Waals surface area contributed by atoms with Crippen molar-refractivity contribution in [3.8, 4) is 23.1 Å². The number of ether oxygens (including phenoxy) is 2. The molecule has 1 aliphatic carbocycles. The first kappa shape index (κ1) is 25.5. The smallest absolute Gasteiger partial charge is 0.212 e. The fraction of sp³-hybridized carbons (Fsp3) is 0.394. The number of hydrogen-bond donors (Lipinski definition) is 0. The van der Waals surface area contributed by atoms with E-state index in [0.29, 0.717) is 28.9 Å². The first-order chi connectivity index (χ1) is 20.6. The molecule has 4 fully saturated rings. The molecule has 2 bridgehead atoms. The molecule has 1 spiro atoms. The fourth-order valence-corrected chi connectivity index (χ4v) is 7.16. The fourth-order valence-electron chi connectivity index (χ4n) is 7.16. The number of aromatic nitrogens is 4. The number of piperazine rings is 1. The Morgan fingerprint density at radius 1 is 1.07 bits per heavy atom. The number of fused-ring (bicyclic) bond motifs is 3. The van der Waals surface area contributed by atoms with E-state index in [0.717, 1.165) is 80.1 Å². The molecule has 4 aliphatic heterocycles. The zero-order chi connectivity index (χ0) is 28.3. The van der Waals surface area contributed by atoms with Gasteiger partial charge in [0.2, 0.25) is 5.88 Å². The van der Waals surface area contributed by atoms with Gasteiger partial charge in [0, 0.05) is 72.9 Å². The second-order valence-corrected chi connectivity index (χ2v) is 12.3. The first-order valence-corrected chi connectivity index (χ1v) is 14.8. The summed E-state index contributed by atoms with van der Waals surface area (Å²) in [7, 11) is 1.64. The van der Waals surface area contributed by atoms with E-state index < -0.39 is 0 Å². The minimum absolute atomic E-state index is 0.342. The highest BCUT2D eigenvalue weighted by molar-refractivity contribution is 5.87. The standard InChI is InChI=1S/C33H33N7O2/c1-41-31-5-2-22(13-36-31)16-39-27-11-28(39)19-38(18-27)30-4-3-24(14-35-30)29-10-25(17-40-32(29)26(12-34)15-37-40)23-6-8-33(9-7-23)20-42-21-33/h2-6,10,13-15,17,27-28H,7-9,11,16,18-21H2,1H3. The highest BCUT2D eigenvalue weighted by atomic mass is 16.5. The van der Waals surface area contributed by atoms with Gasteiger partial charge in [-0.2, -0.15) is 10.4 Å². The minimum atomic E-state index is 0.342. The van der Waals surface area contributed by atoms with Crippen molar-refractivity contribution in [1.82, 2.24) is 24.5 Å². The molecular weight excluding hydrogens is 526 g/mol. The van der Waals surface area contributed by atoms with Crippen molar-refractivity contribution in [3.05, 3.63) is 77.9 Å². The summed E-state index contributed by atoms with van der Waals surface area (Å²) < 4.78 is 12.6. The van der Waals surface area contributed by atoms with Crippen LogP contribution in [0.25, 0.3) is 22.2 Å². The van der Waals surface area contributed by atoms with Gasteiger partial charge in [-0.25, -0.2) is 14.5 Å². The van der Waals surface area contributed by atoms with Crippen molar-refractivity contribution in [3.63, 3.8) is 0 Å². The van der Waals surface area contributed by atoms with Crippen LogP contribution in [0.15, 0.2) is 61.2 Å². The molecule has 2 unspecified atom stereocenters. The molecule has 4 aromatic rings. The first-order valence-electron chi connectivity index (χ1n) is 14.8. The third-order valence-electron chi connectivity index (χ3n) is 9.72. The normalized spacial score (nSPS) is 22.8. The third-order valence-corrected chi connectivity index (χ3v) is 9.72. The Morgan fingerprint density at radius 3 is 2.60 bits per heavy atom. The molecule has 9 rings (SSSR count). The van der Waals surface area contributed by atoms with Crippen molar-refractivity contribution in [2.45, 2.75) is 44.3 Å². The van der Waals surface area contributed by atoms with Crippen molar-refractivity contribution >= 4 is 16.9 Å². The third kappa shape index (κ3) is 4.25. The molecule has 9 heteroatoms. The number of hydrogen-bond acceptors (Lipinski definition) is 8. The summed E-state index contributed by atoms with van der Waals surface area (Å²) in [6, 6.07) is 13.9. The quantitative estimate of drug-likeness (QED) is 0.335. The lowest BCUT2D eigenvalue weighted by Gasteiger charge is -2.56. The maximum absolute atomic E-state index is 9.82. The lowest BCUT2D eigenvalue weighted by molar-refractivity contribution is -0.116. The van der Waals surface area contributed by atoms with E-state index in [1.54, 1.807) is 13.3 Å².